The van der Waals surface area contributed by atoms with Crippen LogP contribution in [-0.2, 0) is 4.74 Å². The van der Waals surface area contributed by atoms with Gasteiger partial charge >= 0.3 is 6.09 Å². The minimum atomic E-state index is -0.312. The molecule has 4 heterocycles. The first-order valence-electron chi connectivity index (χ1n) is 9.04. The summed E-state index contributed by atoms with van der Waals surface area (Å²) in [6.07, 6.45) is 1.98. The number of carbonyl (C=O) groups is 1. The van der Waals surface area contributed by atoms with Gasteiger partial charge in [-0.05, 0) is 44.0 Å². The molecule has 5 rings (SSSR count). The molecule has 1 aromatic rings. The second kappa shape index (κ2) is 6.47. The molecule has 25 heavy (non-hydrogen) atoms. The molecule has 0 radical (unpaired) electrons. The molecule has 2 bridgehead atoms. The fourth-order valence-corrected chi connectivity index (χ4v) is 4.59. The Balaban J connectivity index is 1.48. The third-order valence-corrected chi connectivity index (χ3v) is 6.28. The van der Waals surface area contributed by atoms with Crippen LogP contribution in [0.5, 0.6) is 5.75 Å². The molecule has 2 atom stereocenters. The molecule has 3 fully saturated rings. The number of hydrogen-bond acceptors (Lipinski definition) is 4. The predicted octanol–water partition coefficient (Wildman–Crippen LogP) is 3.73. The van der Waals surface area contributed by atoms with E-state index in [1.165, 1.54) is 0 Å². The lowest BCUT2D eigenvalue weighted by molar-refractivity contribution is -0.0361. The average Bonchev–Trinajstić information content (AvgIpc) is 2.59. The number of hydrogen-bond donors (Lipinski definition) is 1. The molecule has 0 spiro atoms. The lowest BCUT2D eigenvalue weighted by atomic mass is 9.79. The van der Waals surface area contributed by atoms with Crippen molar-refractivity contribution in [3.8, 4) is 5.75 Å². The first-order chi connectivity index (χ1) is 11.9. The SMILES string of the molecule is CC1(C)COc2cc(Br)ccc2C1NC(=O)O[C@@H]1CN2CCC1CC2. The van der Waals surface area contributed by atoms with Gasteiger partial charge in [-0.1, -0.05) is 35.8 Å². The maximum absolute atomic E-state index is 12.6. The molecule has 4 aliphatic heterocycles. The standard InChI is InChI=1S/C19H25BrN2O3/c1-19(2)11-24-15-9-13(20)3-4-14(15)17(19)21-18(23)25-16-10-22-7-5-12(16)6-8-22/h3-4,9,12,16-17H,5-8,10-11H2,1-2H3,(H,21,23)/t16-,17?/m1/s1. The molecule has 0 aromatic heterocycles. The summed E-state index contributed by atoms with van der Waals surface area (Å²) in [5.74, 6) is 1.34. The maximum atomic E-state index is 12.6. The van der Waals surface area contributed by atoms with Crippen LogP contribution < -0.4 is 10.1 Å². The van der Waals surface area contributed by atoms with E-state index in [-0.39, 0.29) is 23.7 Å². The van der Waals surface area contributed by atoms with Crippen LogP contribution in [0.15, 0.2) is 22.7 Å². The van der Waals surface area contributed by atoms with Crippen molar-refractivity contribution in [2.45, 2.75) is 38.8 Å². The van der Waals surface area contributed by atoms with Gasteiger partial charge in [0.15, 0.2) is 0 Å². The van der Waals surface area contributed by atoms with Crippen molar-refractivity contribution in [1.82, 2.24) is 10.2 Å². The molecule has 1 unspecified atom stereocenters. The largest absolute Gasteiger partial charge is 0.493 e. The van der Waals surface area contributed by atoms with Crippen LogP contribution >= 0.6 is 15.9 Å². The van der Waals surface area contributed by atoms with Crippen LogP contribution in [0.1, 0.15) is 38.3 Å². The van der Waals surface area contributed by atoms with Gasteiger partial charge in [-0.3, -0.25) is 4.90 Å². The molecule has 0 aliphatic carbocycles. The molecular weight excluding hydrogens is 384 g/mol. The Morgan fingerprint density at radius 3 is 2.80 bits per heavy atom. The van der Waals surface area contributed by atoms with Crippen LogP contribution in [-0.4, -0.2) is 43.3 Å². The lowest BCUT2D eigenvalue weighted by Gasteiger charge is -2.44. The zero-order valence-electron chi connectivity index (χ0n) is 14.8. The predicted molar refractivity (Wildman–Crippen MR) is 98.7 cm³/mol. The van der Waals surface area contributed by atoms with Gasteiger partial charge in [-0.15, -0.1) is 0 Å². The number of fused-ring (bicyclic) bond motifs is 4. The summed E-state index contributed by atoms with van der Waals surface area (Å²) >= 11 is 3.48. The smallest absolute Gasteiger partial charge is 0.407 e. The number of ether oxygens (including phenoxy) is 2. The van der Waals surface area contributed by atoms with Crippen LogP contribution in [0, 0.1) is 11.3 Å². The number of amides is 1. The van der Waals surface area contributed by atoms with Gasteiger partial charge in [0.2, 0.25) is 0 Å². The fraction of sp³-hybridized carbons (Fsp3) is 0.632. The quantitative estimate of drug-likeness (QED) is 0.809. The van der Waals surface area contributed by atoms with Crippen LogP contribution in [0.25, 0.3) is 0 Å². The molecule has 6 heteroatoms. The summed E-state index contributed by atoms with van der Waals surface area (Å²) in [6, 6.07) is 5.83. The van der Waals surface area contributed by atoms with Gasteiger partial charge in [0, 0.05) is 22.0 Å². The maximum Gasteiger partial charge on any atom is 0.407 e. The molecule has 136 valence electrons. The number of nitrogens with zero attached hydrogens (tertiary/aromatic N) is 1. The molecule has 5 nitrogen and oxygen atoms in total. The second-order valence-electron chi connectivity index (χ2n) is 8.12. The van der Waals surface area contributed by atoms with Crippen molar-refractivity contribution < 1.29 is 14.3 Å². The Morgan fingerprint density at radius 2 is 2.12 bits per heavy atom. The number of alkyl carbamates (subject to hydrolysis) is 1. The van der Waals surface area contributed by atoms with E-state index >= 15 is 0 Å². The summed E-state index contributed by atoms with van der Waals surface area (Å²) in [7, 11) is 0. The van der Waals surface area contributed by atoms with Crippen LogP contribution in [0.3, 0.4) is 0 Å². The number of carbonyl (C=O) groups excluding carboxylic acids is 1. The van der Waals surface area contributed by atoms with E-state index in [0.29, 0.717) is 12.5 Å². The molecule has 3 saturated heterocycles. The minimum absolute atomic E-state index is 0.0230. The molecule has 0 saturated carbocycles. The Hall–Kier alpha value is -1.27. The van der Waals surface area contributed by atoms with Crippen molar-refractivity contribution in [1.29, 1.82) is 0 Å². The molecular formula is C19H25BrN2O3. The normalized spacial score (nSPS) is 32.4. The number of nitrogens with one attached hydrogen (secondary N) is 1. The summed E-state index contributed by atoms with van der Waals surface area (Å²) in [6.45, 7) is 7.93. The van der Waals surface area contributed by atoms with Crippen molar-refractivity contribution >= 4 is 22.0 Å². The number of benzene rings is 1. The van der Waals surface area contributed by atoms with Gasteiger partial charge in [-0.25, -0.2) is 4.79 Å². The van der Waals surface area contributed by atoms with Gasteiger partial charge in [-0.2, -0.15) is 0 Å². The van der Waals surface area contributed by atoms with Crippen molar-refractivity contribution in [2.24, 2.45) is 11.3 Å². The number of piperidine rings is 3. The van der Waals surface area contributed by atoms with E-state index in [4.69, 9.17) is 9.47 Å². The fourth-order valence-electron chi connectivity index (χ4n) is 4.25. The summed E-state index contributed by atoms with van der Waals surface area (Å²) < 4.78 is 12.7. The lowest BCUT2D eigenvalue weighted by Crippen LogP contribution is -2.53. The molecule has 4 aliphatic rings. The molecule has 1 amide bonds. The van der Waals surface area contributed by atoms with Crippen molar-refractivity contribution in [3.63, 3.8) is 0 Å². The van der Waals surface area contributed by atoms with Crippen LogP contribution in [0.4, 0.5) is 4.79 Å². The van der Waals surface area contributed by atoms with Crippen LogP contribution in [0.2, 0.25) is 0 Å². The highest BCUT2D eigenvalue weighted by Gasteiger charge is 2.41. The molecule has 1 aromatic carbocycles. The number of rotatable bonds is 2. The highest BCUT2D eigenvalue weighted by Crippen LogP contribution is 2.43. The summed E-state index contributed by atoms with van der Waals surface area (Å²) in [4.78, 5) is 15.0. The van der Waals surface area contributed by atoms with E-state index in [9.17, 15) is 4.79 Å². The third kappa shape index (κ3) is 3.38. The zero-order chi connectivity index (χ0) is 17.6. The average molecular weight is 409 g/mol. The van der Waals surface area contributed by atoms with E-state index < -0.39 is 0 Å². The summed E-state index contributed by atoms with van der Waals surface area (Å²) in [5, 5.41) is 3.12. The van der Waals surface area contributed by atoms with Gasteiger partial charge in [0.25, 0.3) is 0 Å². The van der Waals surface area contributed by atoms with Crippen molar-refractivity contribution in [3.05, 3.63) is 28.2 Å². The van der Waals surface area contributed by atoms with E-state index in [1.807, 2.05) is 18.2 Å². The van der Waals surface area contributed by atoms with E-state index in [0.717, 1.165) is 48.3 Å². The van der Waals surface area contributed by atoms with Gasteiger partial charge in [0.05, 0.1) is 12.6 Å². The van der Waals surface area contributed by atoms with Crippen molar-refractivity contribution in [2.75, 3.05) is 26.2 Å². The Kier molecular flexibility index (Phi) is 4.44. The second-order valence-corrected chi connectivity index (χ2v) is 9.03. The Bertz CT molecular complexity index is 671. The summed E-state index contributed by atoms with van der Waals surface area (Å²) in [5.41, 5.74) is 0.805. The Morgan fingerprint density at radius 1 is 1.36 bits per heavy atom. The Labute approximate surface area is 157 Å². The number of halogens is 1. The van der Waals surface area contributed by atoms with Gasteiger partial charge in [0.1, 0.15) is 11.9 Å². The van der Waals surface area contributed by atoms with Gasteiger partial charge < -0.3 is 14.8 Å². The van der Waals surface area contributed by atoms with E-state index in [2.05, 4.69) is 40.0 Å². The van der Waals surface area contributed by atoms with E-state index in [1.54, 1.807) is 0 Å². The highest BCUT2D eigenvalue weighted by molar-refractivity contribution is 9.10. The highest BCUT2D eigenvalue weighted by atomic mass is 79.9. The topological polar surface area (TPSA) is 50.8 Å². The minimum Gasteiger partial charge on any atom is -0.493 e. The first-order valence-corrected chi connectivity index (χ1v) is 9.83. The third-order valence-electron chi connectivity index (χ3n) is 5.78. The molecule has 1 N–H and O–H groups in total. The first kappa shape index (κ1) is 17.2. The zero-order valence-corrected chi connectivity index (χ0v) is 16.3. The monoisotopic (exact) mass is 408 g/mol.